The quantitative estimate of drug-likeness (QED) is 0.401. The first-order valence-electron chi connectivity index (χ1n) is 3.51. The van der Waals surface area contributed by atoms with Crippen LogP contribution in [0.15, 0.2) is 18.2 Å². The molecule has 0 spiro atoms. The monoisotopic (exact) mass is 450 g/mol. The molecule has 0 unspecified atom stereocenters. The van der Waals surface area contributed by atoms with Gasteiger partial charge in [0, 0.05) is 0 Å². The number of hydrogen-bond acceptors (Lipinski definition) is 3. The molecule has 14 heavy (non-hydrogen) atoms. The summed E-state index contributed by atoms with van der Waals surface area (Å²) in [5.41, 5.74) is 1.29. The van der Waals surface area contributed by atoms with Gasteiger partial charge in [-0.25, -0.2) is 0 Å². The number of benzene rings is 1. The van der Waals surface area contributed by atoms with Crippen LogP contribution in [0.2, 0.25) is 0 Å². The molecule has 0 saturated heterocycles. The zero-order valence-corrected chi connectivity index (χ0v) is 22.4. The number of rotatable bonds is 1. The first kappa shape index (κ1) is 19.8. The van der Waals surface area contributed by atoms with Crippen LogP contribution in [0.25, 0.3) is 0 Å². The van der Waals surface area contributed by atoms with Crippen molar-refractivity contribution in [3.63, 3.8) is 0 Å². The van der Waals surface area contributed by atoms with Gasteiger partial charge < -0.3 is 14.4 Å². The molecule has 1 aromatic carbocycles. The summed E-state index contributed by atoms with van der Waals surface area (Å²) in [5, 5.41) is -0.0949. The second-order valence-electron chi connectivity index (χ2n) is 2.79. The molecule has 0 heterocycles. The fourth-order valence-corrected chi connectivity index (χ4v) is 1.88. The van der Waals surface area contributed by atoms with E-state index in [1.807, 2.05) is 0 Å². The van der Waals surface area contributed by atoms with E-state index < -0.39 is 7.60 Å². The van der Waals surface area contributed by atoms with Crippen molar-refractivity contribution < 1.29 is 152 Å². The van der Waals surface area contributed by atoms with Crippen molar-refractivity contribution in [3.05, 3.63) is 29.3 Å². The van der Waals surface area contributed by atoms with E-state index in [2.05, 4.69) is 0 Å². The Balaban J connectivity index is 0. The molecule has 0 aromatic heterocycles. The fourth-order valence-electron chi connectivity index (χ4n) is 1.01. The average molecular weight is 450 g/mol. The van der Waals surface area contributed by atoms with Gasteiger partial charge in [0.15, 0.2) is 0 Å². The van der Waals surface area contributed by atoms with Crippen LogP contribution < -0.4 is 153 Å². The molecule has 1 rings (SSSR count). The minimum atomic E-state index is -4.58. The second-order valence-corrected chi connectivity index (χ2v) is 4.26. The van der Waals surface area contributed by atoms with Gasteiger partial charge in [0.1, 0.15) is 0 Å². The van der Waals surface area contributed by atoms with Crippen molar-refractivity contribution in [2.75, 3.05) is 0 Å². The summed E-state index contributed by atoms with van der Waals surface area (Å²) < 4.78 is 10.7. The zero-order valence-electron chi connectivity index (χ0n) is 8.90. The van der Waals surface area contributed by atoms with E-state index in [9.17, 15) is 14.4 Å². The molecule has 1 aromatic rings. The van der Waals surface area contributed by atoms with Crippen molar-refractivity contribution in [3.8, 4) is 0 Å². The maximum Gasteiger partial charge on any atom is 1.00 e. The third kappa shape index (κ3) is 6.42. The second kappa shape index (κ2) is 8.55. The van der Waals surface area contributed by atoms with Crippen LogP contribution in [-0.4, -0.2) is 0 Å². The Labute approximate surface area is 202 Å². The first-order valence-corrected chi connectivity index (χ1v) is 5.05. The van der Waals surface area contributed by atoms with E-state index in [1.165, 1.54) is 6.07 Å². The standard InChI is InChI=1S/C8H11O3P.2Cs/c1-6-3-4-7(2)8(5-6)12(9,10)11;;/h3-5H,1-2H3,(H2,9,10,11);;/q;2*+1/p-2. The largest absolute Gasteiger partial charge is 1.00 e. The Bertz CT molecular complexity index is 348. The van der Waals surface area contributed by atoms with Crippen LogP contribution >= 0.6 is 7.60 Å². The number of hydrogen-bond donors (Lipinski definition) is 0. The number of aryl methyl sites for hydroxylation is 2. The minimum Gasteiger partial charge on any atom is -0.807 e. The molecule has 0 radical (unpaired) electrons. The molecule has 0 bridgehead atoms. The topological polar surface area (TPSA) is 63.2 Å². The minimum absolute atomic E-state index is 0. The van der Waals surface area contributed by atoms with Crippen LogP contribution in [0.4, 0.5) is 0 Å². The van der Waals surface area contributed by atoms with Crippen molar-refractivity contribution in [1.82, 2.24) is 0 Å². The molecule has 0 N–H and O–H groups in total. The Morgan fingerprint density at radius 3 is 2.00 bits per heavy atom. The van der Waals surface area contributed by atoms with Crippen LogP contribution in [0.1, 0.15) is 11.1 Å². The summed E-state index contributed by atoms with van der Waals surface area (Å²) in [7, 11) is -4.58. The summed E-state index contributed by atoms with van der Waals surface area (Å²) in [5.74, 6) is 0. The van der Waals surface area contributed by atoms with Crippen molar-refractivity contribution in [2.24, 2.45) is 0 Å². The van der Waals surface area contributed by atoms with E-state index >= 15 is 0 Å². The normalized spacial score (nSPS) is 10.0. The molecule has 0 fully saturated rings. The maximum atomic E-state index is 10.7. The molecule has 0 aliphatic heterocycles. The summed E-state index contributed by atoms with van der Waals surface area (Å²) in [6.07, 6.45) is 0. The fraction of sp³-hybridized carbons (Fsp3) is 0.250. The van der Waals surface area contributed by atoms with Gasteiger partial charge in [-0.3, -0.25) is 0 Å². The smallest absolute Gasteiger partial charge is 0.807 e. The molecular weight excluding hydrogens is 441 g/mol. The van der Waals surface area contributed by atoms with Crippen LogP contribution in [-0.2, 0) is 4.57 Å². The van der Waals surface area contributed by atoms with Crippen LogP contribution in [0.3, 0.4) is 0 Å². The van der Waals surface area contributed by atoms with E-state index in [0.29, 0.717) is 5.56 Å². The molecule has 66 valence electrons. The van der Waals surface area contributed by atoms with Crippen molar-refractivity contribution in [2.45, 2.75) is 13.8 Å². The van der Waals surface area contributed by atoms with Gasteiger partial charge in [0.2, 0.25) is 0 Å². The van der Waals surface area contributed by atoms with E-state index in [0.717, 1.165) is 5.56 Å². The Kier molecular flexibility index (Phi) is 12.1. The van der Waals surface area contributed by atoms with Gasteiger partial charge in [-0.2, -0.15) is 0 Å². The predicted octanol–water partition coefficient (Wildman–Crippen LogP) is -6.15. The molecule has 0 atom stereocenters. The van der Waals surface area contributed by atoms with E-state index in [4.69, 9.17) is 0 Å². The molecular formula is C8H9Cs2O3P. The van der Waals surface area contributed by atoms with Crippen LogP contribution in [0.5, 0.6) is 0 Å². The third-order valence-electron chi connectivity index (χ3n) is 1.66. The summed E-state index contributed by atoms with van der Waals surface area (Å²) in [6, 6.07) is 4.80. The van der Waals surface area contributed by atoms with E-state index in [1.54, 1.807) is 26.0 Å². The van der Waals surface area contributed by atoms with Gasteiger partial charge in [-0.15, -0.1) is 0 Å². The Morgan fingerprint density at radius 2 is 1.64 bits per heavy atom. The van der Waals surface area contributed by atoms with Crippen molar-refractivity contribution in [1.29, 1.82) is 0 Å². The molecule has 3 nitrogen and oxygen atoms in total. The molecule has 0 saturated carbocycles. The third-order valence-corrected chi connectivity index (χ3v) is 2.73. The van der Waals surface area contributed by atoms with Gasteiger partial charge >= 0.3 is 138 Å². The van der Waals surface area contributed by atoms with Gasteiger partial charge in [0.25, 0.3) is 0 Å². The first-order chi connectivity index (χ1) is 5.41. The van der Waals surface area contributed by atoms with Gasteiger partial charge in [0.05, 0.1) is 0 Å². The van der Waals surface area contributed by atoms with Gasteiger partial charge in [-0.1, -0.05) is 23.8 Å². The van der Waals surface area contributed by atoms with Crippen molar-refractivity contribution >= 4 is 12.9 Å². The molecule has 0 aliphatic rings. The molecule has 0 amide bonds. The molecule has 0 aliphatic carbocycles. The molecule has 6 heteroatoms. The Morgan fingerprint density at radius 1 is 1.14 bits per heavy atom. The summed E-state index contributed by atoms with van der Waals surface area (Å²) >= 11 is 0. The zero-order chi connectivity index (χ0) is 9.35. The van der Waals surface area contributed by atoms with E-state index in [-0.39, 0.29) is 143 Å². The summed E-state index contributed by atoms with van der Waals surface area (Å²) in [6.45, 7) is 3.36. The van der Waals surface area contributed by atoms with Crippen LogP contribution in [0, 0.1) is 13.8 Å². The summed E-state index contributed by atoms with van der Waals surface area (Å²) in [4.78, 5) is 21.4. The Hall–Kier alpha value is 3.47. The SMILES string of the molecule is Cc1ccc(C)c(P(=O)([O-])[O-])c1.[Cs+].[Cs+]. The maximum absolute atomic E-state index is 10.7. The van der Waals surface area contributed by atoms with Gasteiger partial charge in [-0.05, 0) is 32.3 Å². The average Bonchev–Trinajstić information content (AvgIpc) is 1.92. The predicted molar refractivity (Wildman–Crippen MR) is 43.2 cm³/mol.